The number of anilines is 1. The molecule has 2 aromatic rings. The number of hydrogen-bond acceptors (Lipinski definition) is 3. The molecule has 0 saturated carbocycles. The maximum atomic E-state index is 12.0. The molecule has 0 spiro atoms. The second-order valence-corrected chi connectivity index (χ2v) is 6.79. The molecule has 152 valence electrons. The molecule has 0 radical (unpaired) electrons. The molecule has 7 nitrogen and oxygen atoms in total. The Labute approximate surface area is 171 Å². The molecule has 1 fully saturated rings. The largest absolute Gasteiger partial charge is 0.355 e. The molecule has 0 atom stereocenters. The molecule has 2 aromatic carbocycles. The van der Waals surface area contributed by atoms with E-state index < -0.39 is 0 Å². The van der Waals surface area contributed by atoms with Crippen LogP contribution in [0.5, 0.6) is 0 Å². The molecule has 3 N–H and O–H groups in total. The first-order valence-electron chi connectivity index (χ1n) is 9.84. The molecule has 7 heteroatoms. The van der Waals surface area contributed by atoms with Crippen LogP contribution >= 0.6 is 0 Å². The number of aliphatic imine (C=N–C) groups is 1. The summed E-state index contributed by atoms with van der Waals surface area (Å²) in [5, 5.41) is 9.30. The second-order valence-electron chi connectivity index (χ2n) is 6.79. The highest BCUT2D eigenvalue weighted by molar-refractivity contribution is 5.95. The van der Waals surface area contributed by atoms with Gasteiger partial charge in [0.1, 0.15) is 0 Å². The summed E-state index contributed by atoms with van der Waals surface area (Å²) in [6.07, 6.45) is 1.56. The van der Waals surface area contributed by atoms with Gasteiger partial charge in [-0.15, -0.1) is 0 Å². The molecule has 2 amide bonds. The molecule has 1 aliphatic rings. The molecule has 1 aliphatic heterocycles. The predicted molar refractivity (Wildman–Crippen MR) is 115 cm³/mol. The van der Waals surface area contributed by atoms with Gasteiger partial charge in [0, 0.05) is 50.9 Å². The number of carbonyl (C=O) groups is 2. The Kier molecular flexibility index (Phi) is 7.22. The van der Waals surface area contributed by atoms with Crippen molar-refractivity contribution in [2.45, 2.75) is 19.4 Å². The van der Waals surface area contributed by atoms with Crippen LogP contribution in [0, 0.1) is 0 Å². The molecule has 0 aromatic heterocycles. The molecule has 1 saturated heterocycles. The van der Waals surface area contributed by atoms with Crippen LogP contribution in [0.1, 0.15) is 28.8 Å². The Balaban J connectivity index is 1.39. The van der Waals surface area contributed by atoms with Gasteiger partial charge in [0.25, 0.3) is 5.91 Å². The number of hydrogen-bond donors (Lipinski definition) is 3. The second kappa shape index (κ2) is 10.3. The Morgan fingerprint density at radius 3 is 2.38 bits per heavy atom. The number of guanidine groups is 1. The highest BCUT2D eigenvalue weighted by Crippen LogP contribution is 2.21. The molecule has 3 rings (SSSR count). The van der Waals surface area contributed by atoms with Gasteiger partial charge in [-0.3, -0.25) is 14.6 Å². The summed E-state index contributed by atoms with van der Waals surface area (Å²) in [6.45, 7) is 2.47. The van der Waals surface area contributed by atoms with E-state index in [0.717, 1.165) is 24.2 Å². The van der Waals surface area contributed by atoms with Crippen LogP contribution < -0.4 is 20.9 Å². The van der Waals surface area contributed by atoms with Crippen LogP contribution in [0.2, 0.25) is 0 Å². The van der Waals surface area contributed by atoms with Crippen molar-refractivity contribution >= 4 is 23.5 Å². The van der Waals surface area contributed by atoms with Crippen LogP contribution in [0.25, 0.3) is 0 Å². The van der Waals surface area contributed by atoms with Gasteiger partial charge in [0.2, 0.25) is 5.91 Å². The normalized spacial score (nSPS) is 14.0. The van der Waals surface area contributed by atoms with Crippen molar-refractivity contribution in [3.63, 3.8) is 0 Å². The van der Waals surface area contributed by atoms with Crippen molar-refractivity contribution < 1.29 is 9.59 Å². The van der Waals surface area contributed by atoms with E-state index in [1.165, 1.54) is 0 Å². The van der Waals surface area contributed by atoms with Gasteiger partial charge in [-0.25, -0.2) is 0 Å². The maximum absolute atomic E-state index is 12.0. The average molecular weight is 393 g/mol. The molecule has 0 unspecified atom stereocenters. The highest BCUT2D eigenvalue weighted by Gasteiger charge is 2.21. The number of carbonyl (C=O) groups excluding carboxylic acids is 2. The molecular weight excluding hydrogens is 366 g/mol. The predicted octanol–water partition coefficient (Wildman–Crippen LogP) is 1.91. The van der Waals surface area contributed by atoms with Crippen molar-refractivity contribution in [2.75, 3.05) is 31.6 Å². The average Bonchev–Trinajstić information content (AvgIpc) is 3.20. The number of nitrogens with one attached hydrogen (secondary N) is 3. The lowest BCUT2D eigenvalue weighted by atomic mass is 10.2. The van der Waals surface area contributed by atoms with Crippen molar-refractivity contribution in [1.82, 2.24) is 16.0 Å². The van der Waals surface area contributed by atoms with E-state index in [-0.39, 0.29) is 11.8 Å². The SMILES string of the molecule is CN=C(NCCNC(=O)c1ccccc1)NCc1ccc(N2CCCC2=O)cc1. The zero-order chi connectivity index (χ0) is 20.5. The third kappa shape index (κ3) is 5.81. The minimum atomic E-state index is -0.0908. The van der Waals surface area contributed by atoms with Crippen LogP contribution in [0.4, 0.5) is 5.69 Å². The number of nitrogens with zero attached hydrogens (tertiary/aromatic N) is 2. The first kappa shape index (κ1) is 20.4. The van der Waals surface area contributed by atoms with Crippen molar-refractivity contribution in [2.24, 2.45) is 4.99 Å². The van der Waals surface area contributed by atoms with E-state index in [4.69, 9.17) is 0 Å². The lowest BCUT2D eigenvalue weighted by Crippen LogP contribution is -2.41. The number of benzene rings is 2. The van der Waals surface area contributed by atoms with E-state index in [2.05, 4.69) is 20.9 Å². The minimum Gasteiger partial charge on any atom is -0.355 e. The van der Waals surface area contributed by atoms with Gasteiger partial charge in [0.15, 0.2) is 5.96 Å². The zero-order valence-electron chi connectivity index (χ0n) is 16.6. The monoisotopic (exact) mass is 393 g/mol. The Morgan fingerprint density at radius 2 is 1.72 bits per heavy atom. The highest BCUT2D eigenvalue weighted by atomic mass is 16.2. The van der Waals surface area contributed by atoms with E-state index in [1.54, 1.807) is 19.2 Å². The van der Waals surface area contributed by atoms with Gasteiger partial charge >= 0.3 is 0 Å². The van der Waals surface area contributed by atoms with Crippen LogP contribution in [0.15, 0.2) is 59.6 Å². The van der Waals surface area contributed by atoms with Gasteiger partial charge in [-0.05, 0) is 36.2 Å². The standard InChI is InChI=1S/C22H27N5O2/c1-23-22(25-14-13-24-21(29)18-6-3-2-4-7-18)26-16-17-9-11-19(12-10-17)27-15-5-8-20(27)28/h2-4,6-7,9-12H,5,8,13-16H2,1H3,(H,24,29)(H2,23,25,26). The molecule has 0 aliphatic carbocycles. The quantitative estimate of drug-likeness (QED) is 0.381. The minimum absolute atomic E-state index is 0.0908. The molecule has 0 bridgehead atoms. The van der Waals surface area contributed by atoms with Gasteiger partial charge in [-0.2, -0.15) is 0 Å². The summed E-state index contributed by atoms with van der Waals surface area (Å²) in [5.41, 5.74) is 2.70. The summed E-state index contributed by atoms with van der Waals surface area (Å²) in [5.74, 6) is 0.768. The Hall–Kier alpha value is -3.35. The summed E-state index contributed by atoms with van der Waals surface area (Å²) < 4.78 is 0. The maximum Gasteiger partial charge on any atom is 0.251 e. The number of rotatable bonds is 7. The first-order valence-corrected chi connectivity index (χ1v) is 9.84. The van der Waals surface area contributed by atoms with Crippen LogP contribution in [-0.4, -0.2) is 44.5 Å². The van der Waals surface area contributed by atoms with E-state index in [0.29, 0.717) is 37.6 Å². The van der Waals surface area contributed by atoms with Gasteiger partial charge < -0.3 is 20.9 Å². The number of amides is 2. The van der Waals surface area contributed by atoms with Gasteiger partial charge in [-0.1, -0.05) is 30.3 Å². The van der Waals surface area contributed by atoms with Crippen molar-refractivity contribution in [3.8, 4) is 0 Å². The van der Waals surface area contributed by atoms with E-state index in [1.807, 2.05) is 47.4 Å². The van der Waals surface area contributed by atoms with Crippen molar-refractivity contribution in [1.29, 1.82) is 0 Å². The lowest BCUT2D eigenvalue weighted by molar-refractivity contribution is -0.117. The molecule has 1 heterocycles. The zero-order valence-corrected chi connectivity index (χ0v) is 16.6. The third-order valence-corrected chi connectivity index (χ3v) is 4.74. The fourth-order valence-electron chi connectivity index (χ4n) is 3.17. The Bertz CT molecular complexity index is 849. The van der Waals surface area contributed by atoms with Crippen LogP contribution in [0.3, 0.4) is 0 Å². The summed E-state index contributed by atoms with van der Waals surface area (Å²) in [4.78, 5) is 29.9. The first-order chi connectivity index (χ1) is 14.2. The van der Waals surface area contributed by atoms with Crippen molar-refractivity contribution in [3.05, 3.63) is 65.7 Å². The van der Waals surface area contributed by atoms with E-state index in [9.17, 15) is 9.59 Å². The third-order valence-electron chi connectivity index (χ3n) is 4.74. The van der Waals surface area contributed by atoms with Crippen LogP contribution in [-0.2, 0) is 11.3 Å². The summed E-state index contributed by atoms with van der Waals surface area (Å²) in [7, 11) is 1.71. The topological polar surface area (TPSA) is 85.8 Å². The summed E-state index contributed by atoms with van der Waals surface area (Å²) >= 11 is 0. The lowest BCUT2D eigenvalue weighted by Gasteiger charge is -2.16. The molecule has 29 heavy (non-hydrogen) atoms. The fraction of sp³-hybridized carbons (Fsp3) is 0.318. The molecular formula is C22H27N5O2. The Morgan fingerprint density at radius 1 is 1.00 bits per heavy atom. The fourth-order valence-corrected chi connectivity index (χ4v) is 3.17. The van der Waals surface area contributed by atoms with E-state index >= 15 is 0 Å². The summed E-state index contributed by atoms with van der Waals surface area (Å²) in [6, 6.07) is 17.1. The van der Waals surface area contributed by atoms with Gasteiger partial charge in [0.05, 0.1) is 0 Å². The smallest absolute Gasteiger partial charge is 0.251 e.